The lowest BCUT2D eigenvalue weighted by atomic mass is 10.5. The minimum Gasteiger partial charge on any atom is -0.382 e. The van der Waals surface area contributed by atoms with Gasteiger partial charge in [-0.1, -0.05) is 0 Å². The van der Waals surface area contributed by atoms with Crippen LogP contribution < -0.4 is 11.5 Å². The highest BCUT2D eigenvalue weighted by Gasteiger charge is 1.76. The minimum absolute atomic E-state index is 0.0324. The Morgan fingerprint density at radius 1 is 1.62 bits per heavy atom. The molecule has 0 aromatic heterocycles. The van der Waals surface area contributed by atoms with Crippen LogP contribution in [0.5, 0.6) is 0 Å². The number of rotatable bonds is 1. The maximum Gasteiger partial charge on any atom is 0.143 e. The van der Waals surface area contributed by atoms with Gasteiger partial charge in [0, 0.05) is 0 Å². The lowest BCUT2D eigenvalue weighted by Crippen LogP contribution is -2.07. The molecular weight excluding hydrogens is 108 g/mol. The standard InChI is InChI=1S/C3H7NO.CH5NO/c1-3(5)2-4;2-1-3/h2,4H2,1H3;3H,1-2H2. The molecule has 0 spiro atoms. The molecule has 0 fully saturated rings. The summed E-state index contributed by atoms with van der Waals surface area (Å²) in [7, 11) is 0. The Morgan fingerprint density at radius 3 is 1.75 bits per heavy atom. The summed E-state index contributed by atoms with van der Waals surface area (Å²) >= 11 is 0. The predicted octanol–water partition coefficient (Wildman–Crippen LogP) is -1.57. The summed E-state index contributed by atoms with van der Waals surface area (Å²) in [5, 5.41) is 7.35. The highest BCUT2D eigenvalue weighted by atomic mass is 16.3. The van der Waals surface area contributed by atoms with E-state index >= 15 is 0 Å². The number of hydrogen-bond acceptors (Lipinski definition) is 4. The fourth-order valence-electron chi connectivity index (χ4n) is 0. The topological polar surface area (TPSA) is 89.3 Å². The fraction of sp³-hybridized carbons (Fsp3) is 0.750. The van der Waals surface area contributed by atoms with Crippen LogP contribution in [0.25, 0.3) is 0 Å². The van der Waals surface area contributed by atoms with Gasteiger partial charge >= 0.3 is 0 Å². The van der Waals surface area contributed by atoms with Crippen molar-refractivity contribution >= 4 is 5.78 Å². The molecule has 4 heteroatoms. The van der Waals surface area contributed by atoms with Crippen molar-refractivity contribution in [2.24, 2.45) is 11.5 Å². The van der Waals surface area contributed by atoms with Crippen LogP contribution in [0.2, 0.25) is 0 Å². The Kier molecular flexibility index (Phi) is 12.8. The third kappa shape index (κ3) is 47.8. The molecule has 0 aliphatic heterocycles. The smallest absolute Gasteiger partial charge is 0.143 e. The summed E-state index contributed by atoms with van der Waals surface area (Å²) in [5.41, 5.74) is 9.22. The second-order valence-corrected chi connectivity index (χ2v) is 1.09. The SMILES string of the molecule is CC(=O)CN.NCO. The number of hydrogen-bond donors (Lipinski definition) is 3. The zero-order chi connectivity index (χ0) is 6.99. The number of aliphatic hydroxyl groups is 1. The van der Waals surface area contributed by atoms with E-state index in [9.17, 15) is 4.79 Å². The molecule has 0 aliphatic rings. The number of nitrogens with two attached hydrogens (primary N) is 2. The first-order valence-corrected chi connectivity index (χ1v) is 2.19. The van der Waals surface area contributed by atoms with Gasteiger partial charge in [0.1, 0.15) is 5.78 Å². The van der Waals surface area contributed by atoms with Gasteiger partial charge in [0.2, 0.25) is 0 Å². The molecule has 0 aliphatic carbocycles. The van der Waals surface area contributed by atoms with E-state index in [0.29, 0.717) is 0 Å². The molecule has 0 aromatic rings. The molecule has 50 valence electrons. The van der Waals surface area contributed by atoms with Crippen LogP contribution in [-0.4, -0.2) is 24.2 Å². The van der Waals surface area contributed by atoms with Crippen molar-refractivity contribution < 1.29 is 9.90 Å². The van der Waals surface area contributed by atoms with Crippen molar-refractivity contribution in [2.75, 3.05) is 13.3 Å². The minimum atomic E-state index is -0.250. The lowest BCUT2D eigenvalue weighted by molar-refractivity contribution is -0.115. The molecule has 0 radical (unpaired) electrons. The molecule has 5 N–H and O–H groups in total. The van der Waals surface area contributed by atoms with Crippen molar-refractivity contribution in [3.63, 3.8) is 0 Å². The Hall–Kier alpha value is -0.450. The zero-order valence-electron chi connectivity index (χ0n) is 4.92. The predicted molar refractivity (Wildman–Crippen MR) is 31.0 cm³/mol. The van der Waals surface area contributed by atoms with E-state index in [1.165, 1.54) is 6.92 Å². The van der Waals surface area contributed by atoms with Crippen molar-refractivity contribution in [1.82, 2.24) is 0 Å². The van der Waals surface area contributed by atoms with Gasteiger partial charge in [-0.05, 0) is 6.92 Å². The van der Waals surface area contributed by atoms with Gasteiger partial charge in [0.25, 0.3) is 0 Å². The number of carbonyl (C=O) groups is 1. The molecule has 0 saturated carbocycles. The van der Waals surface area contributed by atoms with Crippen LogP contribution in [0.15, 0.2) is 0 Å². The second kappa shape index (κ2) is 9.75. The number of ketones is 1. The Balaban J connectivity index is 0. The number of carbonyl (C=O) groups excluding carboxylic acids is 1. The van der Waals surface area contributed by atoms with E-state index in [1.807, 2.05) is 0 Å². The molecule has 8 heavy (non-hydrogen) atoms. The maximum absolute atomic E-state index is 9.69. The molecule has 0 bridgehead atoms. The first kappa shape index (κ1) is 10.5. The maximum atomic E-state index is 9.69. The number of Topliss-reactive ketones (excluding diaryl/α,β-unsaturated/α-hetero) is 1. The Bertz CT molecular complexity index is 56.0. The van der Waals surface area contributed by atoms with E-state index in [2.05, 4.69) is 5.73 Å². The summed E-state index contributed by atoms with van der Waals surface area (Å²) in [6.07, 6.45) is 0. The molecule has 0 amide bonds. The van der Waals surface area contributed by atoms with Gasteiger partial charge in [0.15, 0.2) is 0 Å². The normalized spacial score (nSPS) is 7.00. The van der Waals surface area contributed by atoms with Crippen molar-refractivity contribution in [1.29, 1.82) is 0 Å². The van der Waals surface area contributed by atoms with Crippen LogP contribution in [0.1, 0.15) is 6.92 Å². The van der Waals surface area contributed by atoms with E-state index in [1.54, 1.807) is 0 Å². The molecule has 0 unspecified atom stereocenters. The van der Waals surface area contributed by atoms with E-state index in [4.69, 9.17) is 10.8 Å². The quantitative estimate of drug-likeness (QED) is 0.365. The summed E-state index contributed by atoms with van der Waals surface area (Å²) in [6.45, 7) is 1.37. The van der Waals surface area contributed by atoms with Crippen LogP contribution in [0.4, 0.5) is 0 Å². The molecule has 0 aromatic carbocycles. The monoisotopic (exact) mass is 120 g/mol. The van der Waals surface area contributed by atoms with E-state index in [-0.39, 0.29) is 19.1 Å². The van der Waals surface area contributed by atoms with Gasteiger partial charge in [-0.3, -0.25) is 4.79 Å². The third-order valence-electron chi connectivity index (χ3n) is 0.287. The summed E-state index contributed by atoms with van der Waals surface area (Å²) in [4.78, 5) is 9.69. The van der Waals surface area contributed by atoms with E-state index in [0.717, 1.165) is 0 Å². The Morgan fingerprint density at radius 2 is 1.75 bits per heavy atom. The first-order valence-electron chi connectivity index (χ1n) is 2.19. The molecule has 0 atom stereocenters. The summed E-state index contributed by atoms with van der Waals surface area (Å²) in [5.74, 6) is 0.0324. The summed E-state index contributed by atoms with van der Waals surface area (Å²) < 4.78 is 0. The van der Waals surface area contributed by atoms with Crippen molar-refractivity contribution in [3.8, 4) is 0 Å². The van der Waals surface area contributed by atoms with Gasteiger partial charge in [-0.15, -0.1) is 0 Å². The van der Waals surface area contributed by atoms with Crippen LogP contribution >= 0.6 is 0 Å². The highest BCUT2D eigenvalue weighted by Crippen LogP contribution is 1.51. The average Bonchev–Trinajstić information content (AvgIpc) is 1.69. The zero-order valence-corrected chi connectivity index (χ0v) is 4.92. The largest absolute Gasteiger partial charge is 0.382 e. The van der Waals surface area contributed by atoms with Crippen LogP contribution in [0.3, 0.4) is 0 Å². The van der Waals surface area contributed by atoms with Crippen molar-refractivity contribution in [2.45, 2.75) is 6.92 Å². The van der Waals surface area contributed by atoms with Crippen LogP contribution in [0, 0.1) is 0 Å². The average molecular weight is 120 g/mol. The van der Waals surface area contributed by atoms with Gasteiger partial charge < -0.3 is 16.6 Å². The second-order valence-electron chi connectivity index (χ2n) is 1.09. The van der Waals surface area contributed by atoms with Gasteiger partial charge in [0.05, 0.1) is 13.3 Å². The van der Waals surface area contributed by atoms with Gasteiger partial charge in [-0.25, -0.2) is 0 Å². The highest BCUT2D eigenvalue weighted by molar-refractivity contribution is 5.77. The molecule has 0 rings (SSSR count). The third-order valence-corrected chi connectivity index (χ3v) is 0.287. The number of aliphatic hydroxyl groups excluding tert-OH is 1. The van der Waals surface area contributed by atoms with Crippen LogP contribution in [-0.2, 0) is 4.79 Å². The molecule has 4 nitrogen and oxygen atoms in total. The Labute approximate surface area is 48.5 Å². The first-order chi connectivity index (χ1) is 3.68. The molecule has 0 heterocycles. The lowest BCUT2D eigenvalue weighted by Gasteiger charge is -1.73. The van der Waals surface area contributed by atoms with Crippen molar-refractivity contribution in [3.05, 3.63) is 0 Å². The van der Waals surface area contributed by atoms with E-state index < -0.39 is 0 Å². The molecular formula is C4H12N2O2. The summed E-state index contributed by atoms with van der Waals surface area (Å²) in [6, 6.07) is 0. The molecule has 0 saturated heterocycles. The van der Waals surface area contributed by atoms with Gasteiger partial charge in [-0.2, -0.15) is 0 Å². The fourth-order valence-corrected chi connectivity index (χ4v) is 0.